The molecule has 0 heterocycles. The summed E-state index contributed by atoms with van der Waals surface area (Å²) in [6, 6.07) is 5.80. The average Bonchev–Trinajstić information content (AvgIpc) is 3.18. The Balaban J connectivity index is 2.00. The number of aliphatic carboxylic acids is 1. The van der Waals surface area contributed by atoms with E-state index in [1.54, 1.807) is 0 Å². The molecule has 21 heavy (non-hydrogen) atoms. The van der Waals surface area contributed by atoms with Crippen molar-refractivity contribution in [2.24, 2.45) is 0 Å². The topological polar surface area (TPSA) is 58.6 Å². The van der Waals surface area contributed by atoms with E-state index in [0.717, 1.165) is 24.2 Å². The van der Waals surface area contributed by atoms with Gasteiger partial charge in [-0.15, -0.1) is 0 Å². The molecule has 1 aromatic carbocycles. The van der Waals surface area contributed by atoms with Gasteiger partial charge in [0.1, 0.15) is 18.4 Å². The van der Waals surface area contributed by atoms with E-state index < -0.39 is 12.0 Å². The maximum atomic E-state index is 11.2. The molecule has 4 heteroatoms. The Morgan fingerprint density at radius 2 is 2.10 bits per heavy atom. The molecule has 1 aliphatic rings. The minimum Gasteiger partial charge on any atom is -0.491 e. The van der Waals surface area contributed by atoms with Crippen molar-refractivity contribution in [1.29, 1.82) is 0 Å². The zero-order chi connectivity index (χ0) is 15.6. The van der Waals surface area contributed by atoms with Crippen LogP contribution in [-0.2, 0) is 10.2 Å². The maximum absolute atomic E-state index is 11.2. The van der Waals surface area contributed by atoms with Crippen LogP contribution in [0.4, 0.5) is 0 Å². The molecule has 0 bridgehead atoms. The molecule has 2 rings (SSSR count). The minimum absolute atomic E-state index is 0.0976. The second-order valence-electron chi connectivity index (χ2n) is 6.87. The number of benzene rings is 1. The van der Waals surface area contributed by atoms with Crippen LogP contribution in [-0.4, -0.2) is 29.8 Å². The maximum Gasteiger partial charge on any atom is 0.324 e. The summed E-state index contributed by atoms with van der Waals surface area (Å²) in [6.07, 6.45) is 2.12. The van der Waals surface area contributed by atoms with Crippen LogP contribution in [0.5, 0.6) is 5.75 Å². The molecule has 0 saturated heterocycles. The van der Waals surface area contributed by atoms with E-state index in [2.05, 4.69) is 32.2 Å². The highest BCUT2D eigenvalue weighted by Gasteiger charge is 2.28. The van der Waals surface area contributed by atoms with Gasteiger partial charge in [-0.25, -0.2) is 0 Å². The van der Waals surface area contributed by atoms with E-state index in [4.69, 9.17) is 4.74 Å². The van der Waals surface area contributed by atoms with Gasteiger partial charge in [-0.3, -0.25) is 10.1 Å². The number of carbonyl (C=O) groups is 1. The Labute approximate surface area is 126 Å². The van der Waals surface area contributed by atoms with Crippen molar-refractivity contribution in [3.05, 3.63) is 29.3 Å². The van der Waals surface area contributed by atoms with Gasteiger partial charge in [0.15, 0.2) is 0 Å². The molecular formula is C17H25NO3. The Bertz CT molecular complexity index is 515. The van der Waals surface area contributed by atoms with Gasteiger partial charge in [-0.05, 0) is 42.4 Å². The molecule has 1 atom stereocenters. The zero-order valence-corrected chi connectivity index (χ0v) is 13.3. The number of ether oxygens (including phenoxy) is 1. The van der Waals surface area contributed by atoms with Crippen molar-refractivity contribution in [3.63, 3.8) is 0 Å². The fourth-order valence-corrected chi connectivity index (χ4v) is 2.18. The summed E-state index contributed by atoms with van der Waals surface area (Å²) >= 11 is 0. The molecule has 0 aromatic heterocycles. The van der Waals surface area contributed by atoms with Gasteiger partial charge in [-0.2, -0.15) is 0 Å². The second-order valence-corrected chi connectivity index (χ2v) is 6.87. The summed E-state index contributed by atoms with van der Waals surface area (Å²) in [5.74, 6) is -0.0993. The molecular weight excluding hydrogens is 266 g/mol. The van der Waals surface area contributed by atoms with Crippen LogP contribution in [0.25, 0.3) is 0 Å². The highest BCUT2D eigenvalue weighted by molar-refractivity contribution is 5.73. The van der Waals surface area contributed by atoms with E-state index in [-0.39, 0.29) is 12.0 Å². The summed E-state index contributed by atoms with van der Waals surface area (Å²) in [4.78, 5) is 11.2. The van der Waals surface area contributed by atoms with Crippen LogP contribution in [0, 0.1) is 6.92 Å². The zero-order valence-electron chi connectivity index (χ0n) is 13.3. The molecule has 116 valence electrons. The predicted molar refractivity (Wildman–Crippen MR) is 83.0 cm³/mol. The smallest absolute Gasteiger partial charge is 0.324 e. The first-order chi connectivity index (χ1) is 9.77. The highest BCUT2D eigenvalue weighted by atomic mass is 16.5. The van der Waals surface area contributed by atoms with Crippen molar-refractivity contribution in [2.45, 2.75) is 58.0 Å². The van der Waals surface area contributed by atoms with Crippen LogP contribution in [0.3, 0.4) is 0 Å². The molecule has 0 amide bonds. The lowest BCUT2D eigenvalue weighted by atomic mass is 9.86. The van der Waals surface area contributed by atoms with Crippen molar-refractivity contribution in [3.8, 4) is 5.75 Å². The summed E-state index contributed by atoms with van der Waals surface area (Å²) in [7, 11) is 0. The molecule has 0 spiro atoms. The van der Waals surface area contributed by atoms with Gasteiger partial charge in [0.25, 0.3) is 0 Å². The predicted octanol–water partition coefficient (Wildman–Crippen LogP) is 2.88. The summed E-state index contributed by atoms with van der Waals surface area (Å²) in [5, 5.41) is 12.3. The van der Waals surface area contributed by atoms with E-state index in [1.165, 1.54) is 5.56 Å². The highest BCUT2D eigenvalue weighted by Crippen LogP contribution is 2.27. The van der Waals surface area contributed by atoms with Crippen LogP contribution in [0.2, 0.25) is 0 Å². The number of carboxylic acid groups (broad SMARTS) is 1. The first-order valence-corrected chi connectivity index (χ1v) is 7.50. The van der Waals surface area contributed by atoms with Gasteiger partial charge in [-0.1, -0.05) is 32.9 Å². The van der Waals surface area contributed by atoms with Gasteiger partial charge in [0.2, 0.25) is 0 Å². The molecule has 0 aliphatic heterocycles. The van der Waals surface area contributed by atoms with Gasteiger partial charge in [0, 0.05) is 6.04 Å². The molecule has 1 aromatic rings. The Morgan fingerprint density at radius 3 is 2.57 bits per heavy atom. The third-order valence-corrected chi connectivity index (χ3v) is 3.76. The molecule has 0 radical (unpaired) electrons. The lowest BCUT2D eigenvalue weighted by molar-refractivity contribution is -0.140. The van der Waals surface area contributed by atoms with Crippen LogP contribution in [0.1, 0.15) is 44.7 Å². The lowest BCUT2D eigenvalue weighted by Crippen LogP contribution is -2.42. The Kier molecular flexibility index (Phi) is 4.57. The number of carboxylic acids is 1. The second kappa shape index (κ2) is 6.06. The first kappa shape index (κ1) is 15.8. The molecule has 4 nitrogen and oxygen atoms in total. The normalized spacial score (nSPS) is 16.6. The fourth-order valence-electron chi connectivity index (χ4n) is 2.18. The fraction of sp³-hybridized carbons (Fsp3) is 0.588. The summed E-state index contributed by atoms with van der Waals surface area (Å²) in [6.45, 7) is 8.66. The lowest BCUT2D eigenvalue weighted by Gasteiger charge is -2.21. The first-order valence-electron chi connectivity index (χ1n) is 7.50. The third kappa shape index (κ3) is 4.46. The van der Waals surface area contributed by atoms with E-state index >= 15 is 0 Å². The van der Waals surface area contributed by atoms with Crippen LogP contribution >= 0.6 is 0 Å². The van der Waals surface area contributed by atoms with Crippen molar-refractivity contribution in [1.82, 2.24) is 5.32 Å². The van der Waals surface area contributed by atoms with Crippen molar-refractivity contribution in [2.75, 3.05) is 6.61 Å². The molecule has 1 aliphatic carbocycles. The number of hydrogen-bond acceptors (Lipinski definition) is 3. The largest absolute Gasteiger partial charge is 0.491 e. The van der Waals surface area contributed by atoms with Gasteiger partial charge >= 0.3 is 5.97 Å². The van der Waals surface area contributed by atoms with Crippen molar-refractivity contribution < 1.29 is 14.6 Å². The Morgan fingerprint density at radius 1 is 1.43 bits per heavy atom. The van der Waals surface area contributed by atoms with Gasteiger partial charge < -0.3 is 9.84 Å². The minimum atomic E-state index is -0.856. The average molecular weight is 291 g/mol. The summed E-state index contributed by atoms with van der Waals surface area (Å²) < 4.78 is 5.71. The van der Waals surface area contributed by atoms with Crippen LogP contribution in [0.15, 0.2) is 18.2 Å². The quantitative estimate of drug-likeness (QED) is 0.846. The van der Waals surface area contributed by atoms with Crippen molar-refractivity contribution >= 4 is 5.97 Å². The molecule has 2 N–H and O–H groups in total. The third-order valence-electron chi connectivity index (χ3n) is 3.76. The van der Waals surface area contributed by atoms with E-state index in [1.807, 2.05) is 19.1 Å². The molecule has 1 saturated carbocycles. The number of hydrogen-bond donors (Lipinski definition) is 2. The van der Waals surface area contributed by atoms with Gasteiger partial charge in [0.05, 0.1) is 0 Å². The molecule has 1 unspecified atom stereocenters. The SMILES string of the molecule is Cc1cc(C(C)(C)C)ccc1OCC(NC1CC1)C(=O)O. The van der Waals surface area contributed by atoms with Crippen LogP contribution < -0.4 is 10.1 Å². The summed E-state index contributed by atoms with van der Waals surface area (Å²) in [5.41, 5.74) is 2.39. The number of nitrogens with one attached hydrogen (secondary N) is 1. The molecule has 1 fully saturated rings. The van der Waals surface area contributed by atoms with E-state index in [9.17, 15) is 9.90 Å². The number of aryl methyl sites for hydroxylation is 1. The Hall–Kier alpha value is -1.55. The standard InChI is InChI=1S/C17H25NO3/c1-11-9-12(17(2,3)4)5-8-15(11)21-10-14(16(19)20)18-13-6-7-13/h5,8-9,13-14,18H,6-7,10H2,1-4H3,(H,19,20). The van der Waals surface area contributed by atoms with E-state index in [0.29, 0.717) is 6.04 Å². The monoisotopic (exact) mass is 291 g/mol. The number of rotatable bonds is 6.